The van der Waals surface area contributed by atoms with Crippen LogP contribution in [0.3, 0.4) is 0 Å². The Labute approximate surface area is 147 Å². The monoisotopic (exact) mass is 332 g/mol. The highest BCUT2D eigenvalue weighted by atomic mass is 16.3. The van der Waals surface area contributed by atoms with Gasteiger partial charge in [-0.2, -0.15) is 0 Å². The van der Waals surface area contributed by atoms with Gasteiger partial charge in [-0.1, -0.05) is 38.8 Å². The SMILES string of the molecule is CCC[C@@H]1C=C2C[C@@H](O)CC[C@]2(C)[C@H]2CC[C@]3(C)[C@@H](O)CC[C@H]3[C@H]12. The molecule has 0 aromatic heterocycles. The third-order valence-corrected chi connectivity index (χ3v) is 8.82. The van der Waals surface area contributed by atoms with Crippen LogP contribution in [-0.4, -0.2) is 22.4 Å². The molecule has 0 aliphatic heterocycles. The summed E-state index contributed by atoms with van der Waals surface area (Å²) in [7, 11) is 0. The van der Waals surface area contributed by atoms with Crippen molar-refractivity contribution in [3.05, 3.63) is 11.6 Å². The van der Waals surface area contributed by atoms with E-state index >= 15 is 0 Å². The van der Waals surface area contributed by atoms with E-state index in [1.807, 2.05) is 0 Å². The maximum atomic E-state index is 10.7. The molecule has 24 heavy (non-hydrogen) atoms. The predicted molar refractivity (Wildman–Crippen MR) is 97.5 cm³/mol. The molecule has 0 heterocycles. The van der Waals surface area contributed by atoms with Crippen LogP contribution in [0.4, 0.5) is 0 Å². The normalized spacial score (nSPS) is 53.8. The lowest BCUT2D eigenvalue weighted by Gasteiger charge is -2.59. The Balaban J connectivity index is 1.75. The summed E-state index contributed by atoms with van der Waals surface area (Å²) >= 11 is 0. The van der Waals surface area contributed by atoms with Gasteiger partial charge in [-0.25, -0.2) is 0 Å². The molecule has 4 aliphatic rings. The molecular formula is C22H36O2. The Hall–Kier alpha value is -0.340. The second-order valence-corrected chi connectivity index (χ2v) is 9.89. The highest BCUT2D eigenvalue weighted by molar-refractivity contribution is 5.27. The van der Waals surface area contributed by atoms with Gasteiger partial charge < -0.3 is 10.2 Å². The summed E-state index contributed by atoms with van der Waals surface area (Å²) in [4.78, 5) is 0. The minimum atomic E-state index is -0.120. The van der Waals surface area contributed by atoms with Crippen LogP contribution in [0, 0.1) is 34.5 Å². The summed E-state index contributed by atoms with van der Waals surface area (Å²) in [6.07, 6.45) is 12.7. The lowest BCUT2D eigenvalue weighted by Crippen LogP contribution is -2.53. The van der Waals surface area contributed by atoms with Crippen molar-refractivity contribution in [2.75, 3.05) is 0 Å². The first-order valence-electron chi connectivity index (χ1n) is 10.5. The predicted octanol–water partition coefficient (Wildman–Crippen LogP) is 4.70. The van der Waals surface area contributed by atoms with E-state index in [1.165, 1.54) is 32.1 Å². The van der Waals surface area contributed by atoms with E-state index in [4.69, 9.17) is 0 Å². The number of hydrogen-bond donors (Lipinski definition) is 2. The summed E-state index contributed by atoms with van der Waals surface area (Å²) in [5, 5.41) is 20.9. The fourth-order valence-corrected chi connectivity index (χ4v) is 7.38. The van der Waals surface area contributed by atoms with Crippen molar-refractivity contribution >= 4 is 0 Å². The molecule has 0 aromatic rings. The van der Waals surface area contributed by atoms with E-state index in [9.17, 15) is 10.2 Å². The van der Waals surface area contributed by atoms with Crippen LogP contribution >= 0.6 is 0 Å². The first-order valence-corrected chi connectivity index (χ1v) is 10.5. The number of aliphatic hydroxyl groups is 2. The Morgan fingerprint density at radius 2 is 1.83 bits per heavy atom. The number of rotatable bonds is 2. The molecule has 3 saturated carbocycles. The van der Waals surface area contributed by atoms with Crippen LogP contribution in [0.25, 0.3) is 0 Å². The smallest absolute Gasteiger partial charge is 0.0596 e. The molecule has 0 unspecified atom stereocenters. The van der Waals surface area contributed by atoms with Gasteiger partial charge in [0.15, 0.2) is 0 Å². The van der Waals surface area contributed by atoms with Gasteiger partial charge in [0.25, 0.3) is 0 Å². The molecule has 2 nitrogen and oxygen atoms in total. The van der Waals surface area contributed by atoms with Crippen molar-refractivity contribution < 1.29 is 10.2 Å². The van der Waals surface area contributed by atoms with Gasteiger partial charge in [-0.3, -0.25) is 0 Å². The Morgan fingerprint density at radius 3 is 2.58 bits per heavy atom. The first-order chi connectivity index (χ1) is 11.4. The van der Waals surface area contributed by atoms with Crippen LogP contribution in [-0.2, 0) is 0 Å². The van der Waals surface area contributed by atoms with Gasteiger partial charge in [-0.05, 0) is 85.9 Å². The molecule has 0 saturated heterocycles. The van der Waals surface area contributed by atoms with E-state index < -0.39 is 0 Å². The minimum absolute atomic E-state index is 0.0860. The number of fused-ring (bicyclic) bond motifs is 5. The van der Waals surface area contributed by atoms with Crippen LogP contribution in [0.2, 0.25) is 0 Å². The lowest BCUT2D eigenvalue weighted by molar-refractivity contribution is -0.0881. The van der Waals surface area contributed by atoms with Gasteiger partial charge in [0.1, 0.15) is 0 Å². The van der Waals surface area contributed by atoms with Crippen molar-refractivity contribution in [1.29, 1.82) is 0 Å². The van der Waals surface area contributed by atoms with E-state index in [0.29, 0.717) is 17.3 Å². The zero-order valence-corrected chi connectivity index (χ0v) is 15.8. The third-order valence-electron chi connectivity index (χ3n) is 8.82. The second kappa shape index (κ2) is 5.84. The van der Waals surface area contributed by atoms with Crippen LogP contribution in [0.1, 0.15) is 78.6 Å². The fourth-order valence-electron chi connectivity index (χ4n) is 7.38. The first kappa shape index (κ1) is 17.1. The van der Waals surface area contributed by atoms with Crippen LogP contribution in [0.5, 0.6) is 0 Å². The Bertz CT molecular complexity index is 526. The molecule has 4 aliphatic carbocycles. The highest BCUT2D eigenvalue weighted by Gasteiger charge is 2.60. The summed E-state index contributed by atoms with van der Waals surface area (Å²) in [6, 6.07) is 0. The molecule has 3 fully saturated rings. The van der Waals surface area contributed by atoms with Crippen LogP contribution < -0.4 is 0 Å². The maximum absolute atomic E-state index is 10.7. The fraction of sp³-hybridized carbons (Fsp3) is 0.909. The summed E-state index contributed by atoms with van der Waals surface area (Å²) in [5.74, 6) is 2.89. The molecule has 0 spiro atoms. The zero-order valence-electron chi connectivity index (χ0n) is 15.8. The Morgan fingerprint density at radius 1 is 1.04 bits per heavy atom. The van der Waals surface area contributed by atoms with Crippen molar-refractivity contribution in [3.63, 3.8) is 0 Å². The van der Waals surface area contributed by atoms with E-state index in [-0.39, 0.29) is 17.6 Å². The molecule has 2 heteroatoms. The van der Waals surface area contributed by atoms with Gasteiger partial charge in [0.2, 0.25) is 0 Å². The maximum Gasteiger partial charge on any atom is 0.0596 e. The van der Waals surface area contributed by atoms with Gasteiger partial charge >= 0.3 is 0 Å². The summed E-state index contributed by atoms with van der Waals surface area (Å²) < 4.78 is 0. The quantitative estimate of drug-likeness (QED) is 0.720. The van der Waals surface area contributed by atoms with Gasteiger partial charge in [-0.15, -0.1) is 0 Å². The molecule has 0 bridgehead atoms. The molecular weight excluding hydrogens is 296 g/mol. The standard InChI is InChI=1S/C22H36O2/c1-4-5-14-12-15-13-16(23)8-10-21(15,2)18-9-11-22(3)17(20(14)18)6-7-19(22)24/h12,14,16-20,23-24H,4-11,13H2,1-3H3/t14-,16+,17+,18+,19+,20+,21+,22+/m1/s1. The Kier molecular flexibility index (Phi) is 4.16. The van der Waals surface area contributed by atoms with Gasteiger partial charge in [0.05, 0.1) is 12.2 Å². The van der Waals surface area contributed by atoms with Crippen LogP contribution in [0.15, 0.2) is 11.6 Å². The second-order valence-electron chi connectivity index (χ2n) is 9.89. The van der Waals surface area contributed by atoms with Crippen molar-refractivity contribution in [1.82, 2.24) is 0 Å². The summed E-state index contributed by atoms with van der Waals surface area (Å²) in [6.45, 7) is 7.18. The highest BCUT2D eigenvalue weighted by Crippen LogP contribution is 2.66. The molecule has 4 rings (SSSR count). The molecule has 0 radical (unpaired) electrons. The third kappa shape index (κ3) is 2.28. The zero-order chi connectivity index (χ0) is 17.1. The molecule has 136 valence electrons. The summed E-state index contributed by atoms with van der Waals surface area (Å²) in [5.41, 5.74) is 2.04. The molecule has 8 atom stereocenters. The molecule has 0 amide bonds. The minimum Gasteiger partial charge on any atom is -0.393 e. The van der Waals surface area contributed by atoms with E-state index in [2.05, 4.69) is 26.8 Å². The molecule has 2 N–H and O–H groups in total. The average Bonchev–Trinajstić information content (AvgIpc) is 2.85. The van der Waals surface area contributed by atoms with Crippen molar-refractivity contribution in [3.8, 4) is 0 Å². The average molecular weight is 333 g/mol. The number of aliphatic hydroxyl groups excluding tert-OH is 2. The largest absolute Gasteiger partial charge is 0.393 e. The topological polar surface area (TPSA) is 40.5 Å². The number of hydrogen-bond acceptors (Lipinski definition) is 2. The van der Waals surface area contributed by atoms with Crippen molar-refractivity contribution in [2.45, 2.75) is 90.8 Å². The van der Waals surface area contributed by atoms with Gasteiger partial charge in [0, 0.05) is 0 Å². The van der Waals surface area contributed by atoms with E-state index in [1.54, 1.807) is 5.57 Å². The van der Waals surface area contributed by atoms with Crippen molar-refractivity contribution in [2.24, 2.45) is 34.5 Å². The lowest BCUT2D eigenvalue weighted by atomic mass is 9.45. The van der Waals surface area contributed by atoms with E-state index in [0.717, 1.165) is 37.5 Å². The number of allylic oxidation sites excluding steroid dienone is 1. The molecule has 0 aromatic carbocycles.